The number of nitrogens with zero attached hydrogens (tertiary/aromatic N) is 4. The lowest BCUT2D eigenvalue weighted by Crippen LogP contribution is -2.18. The monoisotopic (exact) mass is 269 g/mol. The molecule has 0 saturated carbocycles. The molecular formula is C12H20ClN5. The second kappa shape index (κ2) is 6.56. The van der Waals surface area contributed by atoms with E-state index in [4.69, 9.17) is 0 Å². The number of halogens is 1. The lowest BCUT2D eigenvalue weighted by molar-refractivity contribution is 0.566. The molecule has 0 radical (unpaired) electrons. The first-order valence-electron chi connectivity index (χ1n) is 5.91. The standard InChI is InChI=1S/C12H19N5.ClH/c1-4-17-11(5-6-14-17)8-13-9-12-10(2)7-15-16(12)3;/h5-7,13H,4,8-9H2,1-3H3;1H. The minimum atomic E-state index is 0. The summed E-state index contributed by atoms with van der Waals surface area (Å²) >= 11 is 0. The van der Waals surface area contributed by atoms with Crippen molar-refractivity contribution in [2.45, 2.75) is 33.5 Å². The van der Waals surface area contributed by atoms with Crippen LogP contribution in [0, 0.1) is 6.92 Å². The smallest absolute Gasteiger partial charge is 0.0547 e. The van der Waals surface area contributed by atoms with E-state index in [1.54, 1.807) is 0 Å². The van der Waals surface area contributed by atoms with Gasteiger partial charge in [-0.3, -0.25) is 9.36 Å². The highest BCUT2D eigenvalue weighted by atomic mass is 35.5. The molecule has 0 aliphatic heterocycles. The average Bonchev–Trinajstić information content (AvgIpc) is 2.89. The summed E-state index contributed by atoms with van der Waals surface area (Å²) in [5, 5.41) is 11.9. The minimum absolute atomic E-state index is 0. The summed E-state index contributed by atoms with van der Waals surface area (Å²) in [6, 6.07) is 2.05. The fourth-order valence-corrected chi connectivity index (χ4v) is 1.93. The van der Waals surface area contributed by atoms with Gasteiger partial charge in [-0.25, -0.2) is 0 Å². The van der Waals surface area contributed by atoms with Gasteiger partial charge < -0.3 is 5.32 Å². The number of aryl methyl sites for hydroxylation is 3. The molecule has 0 saturated heterocycles. The molecule has 0 aliphatic rings. The Hall–Kier alpha value is -1.33. The Morgan fingerprint density at radius 2 is 2.06 bits per heavy atom. The Balaban J connectivity index is 0.00000162. The van der Waals surface area contributed by atoms with E-state index >= 15 is 0 Å². The van der Waals surface area contributed by atoms with Gasteiger partial charge in [0.1, 0.15) is 0 Å². The van der Waals surface area contributed by atoms with Crippen molar-refractivity contribution >= 4 is 12.4 Å². The topological polar surface area (TPSA) is 47.7 Å². The molecule has 100 valence electrons. The first-order valence-corrected chi connectivity index (χ1v) is 5.91. The number of aromatic nitrogens is 4. The third-order valence-corrected chi connectivity index (χ3v) is 2.97. The summed E-state index contributed by atoms with van der Waals surface area (Å²) in [6.45, 7) is 6.76. The van der Waals surface area contributed by atoms with E-state index in [-0.39, 0.29) is 12.4 Å². The van der Waals surface area contributed by atoms with Crippen molar-refractivity contribution in [1.82, 2.24) is 24.9 Å². The summed E-state index contributed by atoms with van der Waals surface area (Å²) in [7, 11) is 1.97. The van der Waals surface area contributed by atoms with E-state index in [1.807, 2.05) is 34.9 Å². The van der Waals surface area contributed by atoms with Crippen molar-refractivity contribution in [3.05, 3.63) is 35.4 Å². The molecule has 2 heterocycles. The maximum atomic E-state index is 4.24. The molecule has 2 rings (SSSR count). The molecule has 2 aromatic heterocycles. The van der Waals surface area contributed by atoms with Crippen molar-refractivity contribution in [1.29, 1.82) is 0 Å². The third-order valence-electron chi connectivity index (χ3n) is 2.97. The van der Waals surface area contributed by atoms with Crippen LogP contribution in [0.5, 0.6) is 0 Å². The summed E-state index contributed by atoms with van der Waals surface area (Å²) in [5.41, 5.74) is 3.67. The van der Waals surface area contributed by atoms with Gasteiger partial charge in [0, 0.05) is 32.9 Å². The Morgan fingerprint density at radius 1 is 1.28 bits per heavy atom. The molecule has 0 fully saturated rings. The molecule has 0 atom stereocenters. The molecule has 6 heteroatoms. The molecule has 1 N–H and O–H groups in total. The van der Waals surface area contributed by atoms with Crippen molar-refractivity contribution in [3.63, 3.8) is 0 Å². The second-order valence-corrected chi connectivity index (χ2v) is 4.14. The number of hydrogen-bond donors (Lipinski definition) is 1. The van der Waals surface area contributed by atoms with Crippen molar-refractivity contribution < 1.29 is 0 Å². The van der Waals surface area contributed by atoms with E-state index in [2.05, 4.69) is 29.4 Å². The van der Waals surface area contributed by atoms with Crippen LogP contribution in [-0.2, 0) is 26.7 Å². The maximum absolute atomic E-state index is 4.24. The molecule has 0 aliphatic carbocycles. The van der Waals surface area contributed by atoms with E-state index in [0.717, 1.165) is 19.6 Å². The molecule has 5 nitrogen and oxygen atoms in total. The normalized spacial score (nSPS) is 10.4. The average molecular weight is 270 g/mol. The lowest BCUT2D eigenvalue weighted by atomic mass is 10.2. The highest BCUT2D eigenvalue weighted by molar-refractivity contribution is 5.85. The van der Waals surface area contributed by atoms with E-state index in [0.29, 0.717) is 0 Å². The van der Waals surface area contributed by atoms with Gasteiger partial charge in [-0.1, -0.05) is 0 Å². The number of hydrogen-bond acceptors (Lipinski definition) is 3. The fourth-order valence-electron chi connectivity index (χ4n) is 1.93. The fraction of sp³-hybridized carbons (Fsp3) is 0.500. The van der Waals surface area contributed by atoms with Crippen molar-refractivity contribution in [3.8, 4) is 0 Å². The van der Waals surface area contributed by atoms with Crippen LogP contribution in [0.4, 0.5) is 0 Å². The van der Waals surface area contributed by atoms with E-state index < -0.39 is 0 Å². The lowest BCUT2D eigenvalue weighted by Gasteiger charge is -2.08. The molecule has 0 amide bonds. The largest absolute Gasteiger partial charge is 0.306 e. The minimum Gasteiger partial charge on any atom is -0.306 e. The zero-order chi connectivity index (χ0) is 12.3. The molecule has 0 unspecified atom stereocenters. The summed E-state index contributed by atoms with van der Waals surface area (Å²) in [6.07, 6.45) is 3.74. The predicted octanol–water partition coefficient (Wildman–Crippen LogP) is 1.66. The van der Waals surface area contributed by atoms with E-state index in [9.17, 15) is 0 Å². The van der Waals surface area contributed by atoms with E-state index in [1.165, 1.54) is 17.0 Å². The Kier molecular flexibility index (Phi) is 5.37. The summed E-state index contributed by atoms with van der Waals surface area (Å²) < 4.78 is 3.92. The third kappa shape index (κ3) is 3.11. The molecule has 0 spiro atoms. The first-order chi connectivity index (χ1) is 8.22. The van der Waals surface area contributed by atoms with Crippen LogP contribution >= 0.6 is 12.4 Å². The van der Waals surface area contributed by atoms with Gasteiger partial charge in [-0.05, 0) is 25.5 Å². The molecular weight excluding hydrogens is 250 g/mol. The van der Waals surface area contributed by atoms with Crippen LogP contribution in [0.1, 0.15) is 23.9 Å². The first kappa shape index (κ1) is 14.7. The van der Waals surface area contributed by atoms with Gasteiger partial charge in [0.05, 0.1) is 17.6 Å². The van der Waals surface area contributed by atoms with Crippen LogP contribution in [0.3, 0.4) is 0 Å². The van der Waals surface area contributed by atoms with Crippen molar-refractivity contribution in [2.75, 3.05) is 0 Å². The number of nitrogens with one attached hydrogen (secondary N) is 1. The van der Waals surface area contributed by atoms with Gasteiger partial charge in [0.25, 0.3) is 0 Å². The summed E-state index contributed by atoms with van der Waals surface area (Å²) in [5.74, 6) is 0. The maximum Gasteiger partial charge on any atom is 0.0547 e. The van der Waals surface area contributed by atoms with Crippen LogP contribution in [-0.4, -0.2) is 19.6 Å². The Labute approximate surface area is 114 Å². The van der Waals surface area contributed by atoms with Crippen molar-refractivity contribution in [2.24, 2.45) is 7.05 Å². The van der Waals surface area contributed by atoms with Gasteiger partial charge in [-0.2, -0.15) is 10.2 Å². The zero-order valence-electron chi connectivity index (χ0n) is 11.1. The highest BCUT2D eigenvalue weighted by Crippen LogP contribution is 2.05. The molecule has 0 aromatic carbocycles. The zero-order valence-corrected chi connectivity index (χ0v) is 11.9. The van der Waals surface area contributed by atoms with Crippen LogP contribution in [0.15, 0.2) is 18.5 Å². The predicted molar refractivity (Wildman–Crippen MR) is 73.6 cm³/mol. The quantitative estimate of drug-likeness (QED) is 0.898. The van der Waals surface area contributed by atoms with Gasteiger partial charge in [0.15, 0.2) is 0 Å². The Bertz CT molecular complexity index is 469. The highest BCUT2D eigenvalue weighted by Gasteiger charge is 2.05. The van der Waals surface area contributed by atoms with Gasteiger partial charge in [0.2, 0.25) is 0 Å². The second-order valence-electron chi connectivity index (χ2n) is 4.14. The van der Waals surface area contributed by atoms with Crippen LogP contribution in [0.2, 0.25) is 0 Å². The molecule has 2 aromatic rings. The van der Waals surface area contributed by atoms with Gasteiger partial charge >= 0.3 is 0 Å². The number of rotatable bonds is 5. The summed E-state index contributed by atoms with van der Waals surface area (Å²) in [4.78, 5) is 0. The molecule has 0 bridgehead atoms. The Morgan fingerprint density at radius 3 is 2.67 bits per heavy atom. The molecule has 18 heavy (non-hydrogen) atoms. The van der Waals surface area contributed by atoms with Crippen LogP contribution < -0.4 is 5.32 Å². The van der Waals surface area contributed by atoms with Gasteiger partial charge in [-0.15, -0.1) is 12.4 Å². The van der Waals surface area contributed by atoms with Crippen LogP contribution in [0.25, 0.3) is 0 Å². The SMILES string of the molecule is CCn1nccc1CNCc1c(C)cnn1C.Cl.